The molecule has 1 N–H and O–H groups in total. The predicted octanol–water partition coefficient (Wildman–Crippen LogP) is 13.1. The average Bonchev–Trinajstić information content (AvgIpc) is 3.56. The highest BCUT2D eigenvalue weighted by atomic mass is 15.0. The van der Waals surface area contributed by atoms with Crippen molar-refractivity contribution in [3.8, 4) is 56.3 Å². The van der Waals surface area contributed by atoms with Gasteiger partial charge in [-0.3, -0.25) is 0 Å². The number of aromatic nitrogens is 1. The van der Waals surface area contributed by atoms with E-state index >= 15 is 0 Å². The van der Waals surface area contributed by atoms with Crippen LogP contribution in [0.4, 0.5) is 11.4 Å². The van der Waals surface area contributed by atoms with Gasteiger partial charge in [-0.25, -0.2) is 0 Å². The maximum atomic E-state index is 9.49. The van der Waals surface area contributed by atoms with Crippen molar-refractivity contribution in [2.24, 2.45) is 0 Å². The Hall–Kier alpha value is -7.15. The third kappa shape index (κ3) is 5.79. The van der Waals surface area contributed by atoms with E-state index in [4.69, 9.17) is 0 Å². The lowest BCUT2D eigenvalue weighted by Crippen LogP contribution is -1.95. The minimum atomic E-state index is 0.640. The van der Waals surface area contributed by atoms with Gasteiger partial charge >= 0.3 is 0 Å². The van der Waals surface area contributed by atoms with E-state index in [9.17, 15) is 5.26 Å². The third-order valence-corrected chi connectivity index (χ3v) is 9.83. The molecule has 3 nitrogen and oxygen atoms in total. The molecule has 0 amide bonds. The van der Waals surface area contributed by atoms with Crippen molar-refractivity contribution in [1.29, 1.82) is 5.26 Å². The summed E-state index contributed by atoms with van der Waals surface area (Å²) in [7, 11) is 0. The molecule has 0 saturated heterocycles. The monoisotopic (exact) mass is 663 g/mol. The van der Waals surface area contributed by atoms with E-state index in [1.165, 1.54) is 38.5 Å². The van der Waals surface area contributed by atoms with Crippen molar-refractivity contribution >= 4 is 33.2 Å². The van der Waals surface area contributed by atoms with Gasteiger partial charge in [-0.05, 0) is 112 Å². The number of nitriles is 1. The number of hydrogen-bond acceptors (Lipinski definition) is 2. The first-order chi connectivity index (χ1) is 25.7. The largest absolute Gasteiger partial charge is 0.355 e. The van der Waals surface area contributed by atoms with E-state index in [0.29, 0.717) is 5.56 Å². The average molecular weight is 664 g/mol. The van der Waals surface area contributed by atoms with Crippen LogP contribution in [0.5, 0.6) is 0 Å². The van der Waals surface area contributed by atoms with Crippen molar-refractivity contribution in [3.63, 3.8) is 0 Å². The zero-order chi connectivity index (χ0) is 34.9. The molecule has 9 rings (SSSR count). The van der Waals surface area contributed by atoms with E-state index < -0.39 is 0 Å². The molecule has 1 heterocycles. The van der Waals surface area contributed by atoms with Crippen LogP contribution in [0.15, 0.2) is 194 Å². The van der Waals surface area contributed by atoms with Crippen LogP contribution in [0.3, 0.4) is 0 Å². The van der Waals surface area contributed by atoms with Gasteiger partial charge in [0.05, 0.1) is 22.7 Å². The minimum Gasteiger partial charge on any atom is -0.355 e. The molecule has 0 unspecified atom stereocenters. The number of benzene rings is 8. The van der Waals surface area contributed by atoms with Gasteiger partial charge in [0, 0.05) is 33.4 Å². The first kappa shape index (κ1) is 30.9. The molecule has 0 radical (unpaired) electrons. The lowest BCUT2D eigenvalue weighted by atomic mass is 9.95. The van der Waals surface area contributed by atoms with Crippen molar-refractivity contribution in [3.05, 3.63) is 200 Å². The lowest BCUT2D eigenvalue weighted by Gasteiger charge is -2.16. The number of fused-ring (bicyclic) bond motifs is 3. The first-order valence-corrected chi connectivity index (χ1v) is 17.5. The number of nitrogens with one attached hydrogen (secondary N) is 1. The van der Waals surface area contributed by atoms with Crippen LogP contribution in [-0.2, 0) is 0 Å². The van der Waals surface area contributed by atoms with Crippen molar-refractivity contribution in [2.45, 2.75) is 0 Å². The Balaban J connectivity index is 1.08. The molecule has 0 bridgehead atoms. The highest BCUT2D eigenvalue weighted by Gasteiger charge is 2.15. The highest BCUT2D eigenvalue weighted by molar-refractivity contribution is 6.10. The van der Waals surface area contributed by atoms with Gasteiger partial charge in [-0.15, -0.1) is 0 Å². The van der Waals surface area contributed by atoms with Crippen molar-refractivity contribution < 1.29 is 0 Å². The summed E-state index contributed by atoms with van der Waals surface area (Å²) in [4.78, 5) is 0. The molecule has 0 atom stereocenters. The summed E-state index contributed by atoms with van der Waals surface area (Å²) in [6.07, 6.45) is 0. The topological polar surface area (TPSA) is 40.8 Å². The third-order valence-electron chi connectivity index (χ3n) is 9.83. The second kappa shape index (κ2) is 13.3. The molecule has 0 fully saturated rings. The second-order valence-corrected chi connectivity index (χ2v) is 13.0. The zero-order valence-corrected chi connectivity index (χ0v) is 28.4. The van der Waals surface area contributed by atoms with Gasteiger partial charge in [0.15, 0.2) is 0 Å². The van der Waals surface area contributed by atoms with Crippen LogP contribution in [0.2, 0.25) is 0 Å². The van der Waals surface area contributed by atoms with Crippen LogP contribution in [0, 0.1) is 11.3 Å². The molecule has 0 aliphatic carbocycles. The smallest absolute Gasteiger partial charge is 0.0991 e. The Kier molecular flexibility index (Phi) is 7.89. The van der Waals surface area contributed by atoms with Crippen LogP contribution >= 0.6 is 0 Å². The van der Waals surface area contributed by atoms with Gasteiger partial charge in [-0.2, -0.15) is 5.26 Å². The Bertz CT molecular complexity index is 2740. The normalized spacial score (nSPS) is 11.1. The molecule has 0 spiro atoms. The van der Waals surface area contributed by atoms with Gasteiger partial charge in [-0.1, -0.05) is 121 Å². The second-order valence-electron chi connectivity index (χ2n) is 13.0. The number of nitrogens with zero attached hydrogens (tertiary/aromatic N) is 2. The summed E-state index contributed by atoms with van der Waals surface area (Å²) in [5, 5.41) is 15.6. The zero-order valence-electron chi connectivity index (χ0n) is 28.4. The fraction of sp³-hybridized carbons (Fsp3) is 0. The van der Waals surface area contributed by atoms with Gasteiger partial charge in [0.1, 0.15) is 0 Å². The predicted molar refractivity (Wildman–Crippen MR) is 217 cm³/mol. The number of para-hydroxylation sites is 2. The Morgan fingerprint density at radius 3 is 1.71 bits per heavy atom. The number of anilines is 2. The fourth-order valence-electron chi connectivity index (χ4n) is 7.21. The van der Waals surface area contributed by atoms with E-state index in [1.807, 2.05) is 30.3 Å². The quantitative estimate of drug-likeness (QED) is 0.184. The molecular weight excluding hydrogens is 631 g/mol. The standard InChI is InChI=1S/C49H33N3/c50-33-34-18-20-37(21-19-34)45-31-40(41-25-29-49-46(32-41)44-16-7-8-17-48(44)52(49)43-14-5-2-6-15-43)24-28-47(45)51-42-26-22-36(23-27-42)39-13-9-12-38(30-39)35-10-3-1-4-11-35/h1-32,51H. The SMILES string of the molecule is N#Cc1ccc(-c2cc(-c3ccc4c(c3)c3ccccc3n4-c3ccccc3)ccc2Nc2ccc(-c3cccc(-c4ccccc4)c3)cc2)cc1. The van der Waals surface area contributed by atoms with E-state index in [-0.39, 0.29) is 0 Å². The van der Waals surface area contributed by atoms with Crippen LogP contribution in [-0.4, -0.2) is 4.57 Å². The fourth-order valence-corrected chi connectivity index (χ4v) is 7.21. The van der Waals surface area contributed by atoms with E-state index in [1.54, 1.807) is 0 Å². The molecule has 0 saturated carbocycles. The maximum Gasteiger partial charge on any atom is 0.0991 e. The summed E-state index contributed by atoms with van der Waals surface area (Å²) in [5.74, 6) is 0. The Labute approximate surface area is 303 Å². The van der Waals surface area contributed by atoms with Gasteiger partial charge in [0.2, 0.25) is 0 Å². The summed E-state index contributed by atoms with van der Waals surface area (Å²) in [5.41, 5.74) is 15.3. The molecule has 0 aliphatic heterocycles. The van der Waals surface area contributed by atoms with Crippen molar-refractivity contribution in [1.82, 2.24) is 4.57 Å². The van der Waals surface area contributed by atoms with E-state index in [0.717, 1.165) is 44.9 Å². The summed E-state index contributed by atoms with van der Waals surface area (Å²) < 4.78 is 2.34. The molecule has 8 aromatic carbocycles. The van der Waals surface area contributed by atoms with E-state index in [2.05, 4.69) is 180 Å². The highest BCUT2D eigenvalue weighted by Crippen LogP contribution is 2.39. The molecule has 52 heavy (non-hydrogen) atoms. The van der Waals surface area contributed by atoms with Crippen molar-refractivity contribution in [2.75, 3.05) is 5.32 Å². The van der Waals surface area contributed by atoms with Gasteiger partial charge in [0.25, 0.3) is 0 Å². The molecule has 244 valence electrons. The Morgan fingerprint density at radius 1 is 0.404 bits per heavy atom. The maximum absolute atomic E-state index is 9.49. The molecule has 0 aliphatic rings. The van der Waals surface area contributed by atoms with Gasteiger partial charge < -0.3 is 9.88 Å². The summed E-state index contributed by atoms with van der Waals surface area (Å²) in [6, 6.07) is 70.4. The summed E-state index contributed by atoms with van der Waals surface area (Å²) >= 11 is 0. The number of hydrogen-bond donors (Lipinski definition) is 1. The number of rotatable bonds is 7. The first-order valence-electron chi connectivity index (χ1n) is 17.5. The lowest BCUT2D eigenvalue weighted by molar-refractivity contribution is 1.18. The van der Waals surface area contributed by atoms with Crippen LogP contribution in [0.1, 0.15) is 5.56 Å². The molecule has 3 heteroatoms. The molecule has 9 aromatic rings. The van der Waals surface area contributed by atoms with Crippen LogP contribution < -0.4 is 5.32 Å². The minimum absolute atomic E-state index is 0.640. The summed E-state index contributed by atoms with van der Waals surface area (Å²) in [6.45, 7) is 0. The van der Waals surface area contributed by atoms with Crippen LogP contribution in [0.25, 0.3) is 72.0 Å². The molecule has 1 aromatic heterocycles. The Morgan fingerprint density at radius 2 is 0.962 bits per heavy atom. The molecular formula is C49H33N3.